The second kappa shape index (κ2) is 10.8. The van der Waals surface area contributed by atoms with Gasteiger partial charge in [0.15, 0.2) is 6.23 Å². The number of carbonyl (C=O) groups excluding carboxylic acids is 1. The van der Waals surface area contributed by atoms with Crippen molar-refractivity contribution in [2.24, 2.45) is 0 Å². The maximum atomic E-state index is 13.8. The van der Waals surface area contributed by atoms with Crippen LogP contribution in [0.4, 0.5) is 0 Å². The predicted molar refractivity (Wildman–Crippen MR) is 139 cm³/mol. The van der Waals surface area contributed by atoms with E-state index in [9.17, 15) is 4.79 Å². The maximum absolute atomic E-state index is 13.8. The lowest BCUT2D eigenvalue weighted by Crippen LogP contribution is -2.48. The summed E-state index contributed by atoms with van der Waals surface area (Å²) in [5, 5.41) is 0. The maximum Gasteiger partial charge on any atom is 0.321 e. The molecule has 0 N–H and O–H groups in total. The first-order valence-corrected chi connectivity index (χ1v) is 12.6. The highest BCUT2D eigenvalue weighted by Crippen LogP contribution is 2.52. The molecule has 188 valence electrons. The smallest absolute Gasteiger partial charge is 0.321 e. The fourth-order valence-corrected chi connectivity index (χ4v) is 5.22. The molecule has 1 aliphatic carbocycles. The Morgan fingerprint density at radius 1 is 0.889 bits per heavy atom. The zero-order valence-electron chi connectivity index (χ0n) is 21.0. The quantitative estimate of drug-likeness (QED) is 0.418. The lowest BCUT2D eigenvalue weighted by atomic mass is 9.95. The zero-order valence-corrected chi connectivity index (χ0v) is 21.0. The third-order valence-electron chi connectivity index (χ3n) is 7.44. The van der Waals surface area contributed by atoms with Crippen LogP contribution in [0, 0.1) is 0 Å². The Labute approximate surface area is 213 Å². The number of benzene rings is 3. The second-order valence-corrected chi connectivity index (χ2v) is 9.59. The molecule has 1 saturated carbocycles. The molecule has 0 bridgehead atoms. The van der Waals surface area contributed by atoms with Gasteiger partial charge in [-0.15, -0.1) is 0 Å². The lowest BCUT2D eigenvalue weighted by Gasteiger charge is -2.39. The molecular formula is C30H34N2O4. The predicted octanol–water partition coefficient (Wildman–Crippen LogP) is 4.41. The minimum atomic E-state index is -0.789. The number of hydrogen-bond donors (Lipinski definition) is 0. The highest BCUT2D eigenvalue weighted by molar-refractivity contribution is 5.88. The molecule has 1 aliphatic heterocycles. The van der Waals surface area contributed by atoms with Crippen molar-refractivity contribution < 1.29 is 19.0 Å². The molecule has 1 heterocycles. The van der Waals surface area contributed by atoms with E-state index in [1.165, 1.54) is 5.56 Å². The average molecular weight is 487 g/mol. The van der Waals surface area contributed by atoms with Crippen LogP contribution in [0.2, 0.25) is 0 Å². The largest absolute Gasteiger partial charge is 0.497 e. The van der Waals surface area contributed by atoms with Crippen LogP contribution >= 0.6 is 0 Å². The first kappa shape index (κ1) is 24.5. The van der Waals surface area contributed by atoms with Gasteiger partial charge in [-0.1, -0.05) is 72.8 Å². The van der Waals surface area contributed by atoms with E-state index in [0.29, 0.717) is 6.42 Å². The van der Waals surface area contributed by atoms with Crippen LogP contribution in [0.15, 0.2) is 84.9 Å². The molecule has 0 radical (unpaired) electrons. The van der Waals surface area contributed by atoms with Crippen molar-refractivity contribution in [3.63, 3.8) is 0 Å². The summed E-state index contributed by atoms with van der Waals surface area (Å²) in [5.41, 5.74) is 2.42. The number of nitrogens with zero attached hydrogens (tertiary/aromatic N) is 2. The van der Waals surface area contributed by atoms with Gasteiger partial charge in [-0.05, 0) is 29.7 Å². The summed E-state index contributed by atoms with van der Waals surface area (Å²) in [5.74, 6) is 0.521. The molecule has 1 saturated heterocycles. The number of esters is 1. The molecule has 6 nitrogen and oxygen atoms in total. The van der Waals surface area contributed by atoms with Crippen LogP contribution in [0.3, 0.4) is 0 Å². The molecule has 0 aromatic heterocycles. The highest BCUT2D eigenvalue weighted by atomic mass is 16.6. The van der Waals surface area contributed by atoms with Gasteiger partial charge in [0.1, 0.15) is 11.2 Å². The fourth-order valence-electron chi connectivity index (χ4n) is 5.22. The standard InChI is InChI=1S/C30H34N2O4/c1-34-26-15-13-25(14-16-26)30(21-27(30)35-2)29(33)36-28(24-11-7-4-8-12-24)32-19-17-31(18-20-32)22-23-9-5-3-6-10-23/h3-16,27-28H,17-22H2,1-2H3/t27-,28?,30-/m0/s1. The minimum Gasteiger partial charge on any atom is -0.497 e. The topological polar surface area (TPSA) is 51.2 Å². The number of carbonyl (C=O) groups is 1. The molecule has 5 rings (SSSR count). The summed E-state index contributed by atoms with van der Waals surface area (Å²) in [6.07, 6.45) is -0.0237. The molecule has 3 aromatic rings. The third kappa shape index (κ3) is 5.03. The summed E-state index contributed by atoms with van der Waals surface area (Å²) < 4.78 is 17.3. The van der Waals surface area contributed by atoms with Crippen LogP contribution in [-0.2, 0) is 26.2 Å². The van der Waals surface area contributed by atoms with E-state index < -0.39 is 11.6 Å². The van der Waals surface area contributed by atoms with Crippen molar-refractivity contribution in [1.82, 2.24) is 9.80 Å². The molecule has 2 aliphatic rings. The van der Waals surface area contributed by atoms with Crippen molar-refractivity contribution in [3.8, 4) is 5.75 Å². The third-order valence-corrected chi connectivity index (χ3v) is 7.44. The van der Waals surface area contributed by atoms with Crippen molar-refractivity contribution in [1.29, 1.82) is 0 Å². The average Bonchev–Trinajstić information content (AvgIpc) is 3.69. The molecule has 3 atom stereocenters. The van der Waals surface area contributed by atoms with Crippen LogP contribution in [0.5, 0.6) is 5.75 Å². The molecule has 6 heteroatoms. The molecule has 0 amide bonds. The zero-order chi connectivity index (χ0) is 25.0. The lowest BCUT2D eigenvalue weighted by molar-refractivity contribution is -0.167. The molecule has 2 fully saturated rings. The van der Waals surface area contributed by atoms with E-state index in [-0.39, 0.29) is 12.1 Å². The molecule has 3 aromatic carbocycles. The second-order valence-electron chi connectivity index (χ2n) is 9.59. The van der Waals surface area contributed by atoms with Gasteiger partial charge in [0, 0.05) is 45.4 Å². The molecule has 0 spiro atoms. The number of ether oxygens (including phenoxy) is 3. The summed E-state index contributed by atoms with van der Waals surface area (Å²) in [4.78, 5) is 18.5. The number of methoxy groups -OCH3 is 2. The van der Waals surface area contributed by atoms with Crippen molar-refractivity contribution in [3.05, 3.63) is 102 Å². The van der Waals surface area contributed by atoms with Gasteiger partial charge in [-0.3, -0.25) is 14.6 Å². The van der Waals surface area contributed by atoms with Crippen molar-refractivity contribution >= 4 is 5.97 Å². The molecular weight excluding hydrogens is 452 g/mol. The Morgan fingerprint density at radius 3 is 2.11 bits per heavy atom. The highest BCUT2D eigenvalue weighted by Gasteiger charge is 2.64. The van der Waals surface area contributed by atoms with E-state index >= 15 is 0 Å². The van der Waals surface area contributed by atoms with Crippen LogP contribution in [0.25, 0.3) is 0 Å². The van der Waals surface area contributed by atoms with Crippen LogP contribution in [0.1, 0.15) is 29.3 Å². The summed E-state index contributed by atoms with van der Waals surface area (Å²) >= 11 is 0. The fraction of sp³-hybridized carbons (Fsp3) is 0.367. The minimum absolute atomic E-state index is 0.197. The van der Waals surface area contributed by atoms with E-state index in [1.807, 2.05) is 60.7 Å². The number of hydrogen-bond acceptors (Lipinski definition) is 6. The first-order valence-electron chi connectivity index (χ1n) is 12.6. The van der Waals surface area contributed by atoms with E-state index in [0.717, 1.165) is 49.6 Å². The molecule has 36 heavy (non-hydrogen) atoms. The summed E-state index contributed by atoms with van der Waals surface area (Å²) in [6, 6.07) is 28.3. The van der Waals surface area contributed by atoms with Gasteiger partial charge in [0.25, 0.3) is 0 Å². The van der Waals surface area contributed by atoms with Gasteiger partial charge in [-0.2, -0.15) is 0 Å². The van der Waals surface area contributed by atoms with Gasteiger partial charge in [-0.25, -0.2) is 0 Å². The first-order chi connectivity index (χ1) is 17.6. The van der Waals surface area contributed by atoms with Crippen molar-refractivity contribution in [2.45, 2.75) is 30.7 Å². The molecule has 1 unspecified atom stereocenters. The van der Waals surface area contributed by atoms with Gasteiger partial charge in [0.2, 0.25) is 0 Å². The van der Waals surface area contributed by atoms with Gasteiger partial charge in [0.05, 0.1) is 13.2 Å². The Kier molecular flexibility index (Phi) is 7.37. The Bertz CT molecular complexity index is 1130. The van der Waals surface area contributed by atoms with Crippen LogP contribution < -0.4 is 4.74 Å². The van der Waals surface area contributed by atoms with E-state index in [1.54, 1.807) is 14.2 Å². The van der Waals surface area contributed by atoms with E-state index in [4.69, 9.17) is 14.2 Å². The summed E-state index contributed by atoms with van der Waals surface area (Å²) in [6.45, 7) is 4.41. The van der Waals surface area contributed by atoms with Gasteiger partial charge < -0.3 is 14.2 Å². The van der Waals surface area contributed by atoms with Crippen molar-refractivity contribution in [2.75, 3.05) is 40.4 Å². The van der Waals surface area contributed by atoms with Crippen LogP contribution in [-0.4, -0.2) is 62.3 Å². The van der Waals surface area contributed by atoms with E-state index in [2.05, 4.69) is 34.1 Å². The normalized spacial score (nSPS) is 23.1. The monoisotopic (exact) mass is 486 g/mol. The SMILES string of the molecule is COc1ccc([C@@]2(C(=O)OC(c3ccccc3)N3CCN(Cc4ccccc4)CC3)C[C@@H]2OC)cc1. The Morgan fingerprint density at radius 2 is 1.53 bits per heavy atom. The van der Waals surface area contributed by atoms with Gasteiger partial charge >= 0.3 is 5.97 Å². The number of rotatable bonds is 9. The summed E-state index contributed by atoms with van der Waals surface area (Å²) in [7, 11) is 3.29. The Balaban J connectivity index is 1.33. The Hall–Kier alpha value is -3.19. The number of piperazine rings is 1.